The maximum absolute atomic E-state index is 11.1. The van der Waals surface area contributed by atoms with Gasteiger partial charge in [0.15, 0.2) is 0 Å². The lowest BCUT2D eigenvalue weighted by Gasteiger charge is -1.96. The van der Waals surface area contributed by atoms with Crippen LogP contribution in [0.15, 0.2) is 24.3 Å². The summed E-state index contributed by atoms with van der Waals surface area (Å²) >= 11 is 5.72. The highest BCUT2D eigenvalue weighted by molar-refractivity contribution is 6.30. The molecule has 0 N–H and O–H groups in total. The van der Waals surface area contributed by atoms with Crippen LogP contribution in [-0.2, 0) is 9.53 Å². The fourth-order valence-corrected chi connectivity index (χ4v) is 1.13. The number of carbonyl (C=O) groups is 1. The zero-order chi connectivity index (χ0) is 11.8. The molecule has 0 unspecified atom stereocenters. The van der Waals surface area contributed by atoms with Crippen LogP contribution in [0.1, 0.15) is 25.3 Å². The summed E-state index contributed by atoms with van der Waals surface area (Å²) < 4.78 is 4.89. The summed E-state index contributed by atoms with van der Waals surface area (Å²) in [7, 11) is 0. The third kappa shape index (κ3) is 4.86. The molecular formula is C13H13ClO2. The first kappa shape index (κ1) is 12.6. The first-order chi connectivity index (χ1) is 7.72. The molecule has 3 heteroatoms. The molecule has 0 bridgehead atoms. The van der Waals surface area contributed by atoms with Gasteiger partial charge in [-0.1, -0.05) is 30.9 Å². The maximum atomic E-state index is 11.1. The summed E-state index contributed by atoms with van der Waals surface area (Å²) in [5.41, 5.74) is 0.747. The molecule has 84 valence electrons. The smallest absolute Gasteiger partial charge is 0.384 e. The van der Waals surface area contributed by atoms with Gasteiger partial charge in [0.2, 0.25) is 0 Å². The lowest BCUT2D eigenvalue weighted by Crippen LogP contribution is -2.02. The summed E-state index contributed by atoms with van der Waals surface area (Å²) in [6.45, 7) is 2.47. The van der Waals surface area contributed by atoms with Crippen molar-refractivity contribution in [3.63, 3.8) is 0 Å². The number of benzene rings is 1. The van der Waals surface area contributed by atoms with Crippen LogP contribution in [0.5, 0.6) is 0 Å². The summed E-state index contributed by atoms with van der Waals surface area (Å²) in [5, 5.41) is 0.649. The van der Waals surface area contributed by atoms with Crippen molar-refractivity contribution >= 4 is 17.6 Å². The zero-order valence-electron chi connectivity index (χ0n) is 9.13. The molecule has 16 heavy (non-hydrogen) atoms. The van der Waals surface area contributed by atoms with E-state index in [1.54, 1.807) is 24.3 Å². The fourth-order valence-electron chi connectivity index (χ4n) is 1.00. The molecule has 0 spiro atoms. The Morgan fingerprint density at radius 2 is 2.06 bits per heavy atom. The summed E-state index contributed by atoms with van der Waals surface area (Å²) in [6, 6.07) is 6.98. The lowest BCUT2D eigenvalue weighted by atomic mass is 10.2. The van der Waals surface area contributed by atoms with Gasteiger partial charge in [-0.3, -0.25) is 0 Å². The minimum absolute atomic E-state index is 0.435. The molecule has 0 aliphatic carbocycles. The number of hydrogen-bond donors (Lipinski definition) is 0. The minimum atomic E-state index is -0.483. The predicted molar refractivity (Wildman–Crippen MR) is 64.2 cm³/mol. The van der Waals surface area contributed by atoms with Gasteiger partial charge in [0.05, 0.1) is 6.61 Å². The molecule has 2 nitrogen and oxygen atoms in total. The molecule has 1 rings (SSSR count). The van der Waals surface area contributed by atoms with Crippen molar-refractivity contribution in [2.45, 2.75) is 19.8 Å². The average molecular weight is 237 g/mol. The average Bonchev–Trinajstić information content (AvgIpc) is 2.29. The first-order valence-corrected chi connectivity index (χ1v) is 5.54. The fraction of sp³-hybridized carbons (Fsp3) is 0.308. The van der Waals surface area contributed by atoms with E-state index in [-0.39, 0.29) is 0 Å². The van der Waals surface area contributed by atoms with Crippen molar-refractivity contribution < 1.29 is 9.53 Å². The van der Waals surface area contributed by atoms with Gasteiger partial charge in [-0.25, -0.2) is 4.79 Å². The molecule has 0 aromatic heterocycles. The Morgan fingerprint density at radius 1 is 1.38 bits per heavy atom. The van der Waals surface area contributed by atoms with Gasteiger partial charge in [0.1, 0.15) is 0 Å². The molecule has 0 aliphatic rings. The van der Waals surface area contributed by atoms with Gasteiger partial charge < -0.3 is 4.74 Å². The molecule has 0 saturated heterocycles. The van der Waals surface area contributed by atoms with Gasteiger partial charge in [0.25, 0.3) is 0 Å². The minimum Gasteiger partial charge on any atom is -0.456 e. The molecule has 0 saturated carbocycles. The van der Waals surface area contributed by atoms with Crippen LogP contribution in [0.3, 0.4) is 0 Å². The van der Waals surface area contributed by atoms with Gasteiger partial charge in [-0.2, -0.15) is 0 Å². The Labute approximate surface area is 101 Å². The van der Waals surface area contributed by atoms with Crippen LogP contribution in [0.25, 0.3) is 0 Å². The lowest BCUT2D eigenvalue weighted by molar-refractivity contribution is -0.136. The van der Waals surface area contributed by atoms with E-state index < -0.39 is 5.97 Å². The Balaban J connectivity index is 2.47. The molecule has 0 radical (unpaired) electrons. The van der Waals surface area contributed by atoms with Crippen LogP contribution in [0.4, 0.5) is 0 Å². The second-order valence-electron chi connectivity index (χ2n) is 3.25. The normalized spacial score (nSPS) is 9.12. The molecule has 1 aromatic carbocycles. The Hall–Kier alpha value is -1.46. The Kier molecular flexibility index (Phi) is 5.45. The monoisotopic (exact) mass is 236 g/mol. The van der Waals surface area contributed by atoms with E-state index in [1.807, 2.05) is 6.92 Å². The van der Waals surface area contributed by atoms with E-state index in [2.05, 4.69) is 11.8 Å². The Bertz CT molecular complexity index is 398. The van der Waals surface area contributed by atoms with Crippen molar-refractivity contribution in [3.8, 4) is 11.8 Å². The van der Waals surface area contributed by atoms with E-state index in [0.29, 0.717) is 11.6 Å². The number of rotatable bonds is 3. The number of ether oxygens (including phenoxy) is 1. The largest absolute Gasteiger partial charge is 0.456 e. The van der Waals surface area contributed by atoms with Crippen molar-refractivity contribution in [1.29, 1.82) is 0 Å². The zero-order valence-corrected chi connectivity index (χ0v) is 9.88. The van der Waals surface area contributed by atoms with Crippen LogP contribution in [0, 0.1) is 11.8 Å². The van der Waals surface area contributed by atoms with Crippen LogP contribution >= 0.6 is 11.6 Å². The van der Waals surface area contributed by atoms with E-state index in [1.165, 1.54) is 0 Å². The topological polar surface area (TPSA) is 26.3 Å². The van der Waals surface area contributed by atoms with Gasteiger partial charge in [-0.15, -0.1) is 0 Å². The van der Waals surface area contributed by atoms with E-state index in [4.69, 9.17) is 16.3 Å². The highest BCUT2D eigenvalue weighted by atomic mass is 35.5. The quantitative estimate of drug-likeness (QED) is 0.458. The van der Waals surface area contributed by atoms with Crippen molar-refractivity contribution in [2.24, 2.45) is 0 Å². The van der Waals surface area contributed by atoms with Crippen LogP contribution in [0.2, 0.25) is 5.02 Å². The highest BCUT2D eigenvalue weighted by Crippen LogP contribution is 2.08. The van der Waals surface area contributed by atoms with Crippen molar-refractivity contribution in [3.05, 3.63) is 34.9 Å². The van der Waals surface area contributed by atoms with Gasteiger partial charge >= 0.3 is 5.97 Å². The van der Waals surface area contributed by atoms with Gasteiger partial charge in [-0.05, 0) is 30.7 Å². The van der Waals surface area contributed by atoms with Crippen molar-refractivity contribution in [1.82, 2.24) is 0 Å². The van der Waals surface area contributed by atoms with Crippen LogP contribution in [-0.4, -0.2) is 12.6 Å². The SMILES string of the molecule is CCCCOC(=O)C#Cc1ccc(Cl)cc1. The maximum Gasteiger partial charge on any atom is 0.384 e. The number of hydrogen-bond acceptors (Lipinski definition) is 2. The van der Waals surface area contributed by atoms with E-state index in [0.717, 1.165) is 18.4 Å². The molecule has 0 atom stereocenters. The number of carbonyl (C=O) groups excluding carboxylic acids is 1. The molecule has 0 amide bonds. The summed E-state index contributed by atoms with van der Waals surface area (Å²) in [4.78, 5) is 11.1. The number of halogens is 1. The first-order valence-electron chi connectivity index (χ1n) is 5.16. The third-order valence-electron chi connectivity index (χ3n) is 1.88. The second kappa shape index (κ2) is 6.92. The second-order valence-corrected chi connectivity index (χ2v) is 3.68. The van der Waals surface area contributed by atoms with E-state index >= 15 is 0 Å². The highest BCUT2D eigenvalue weighted by Gasteiger charge is 1.95. The molecule has 0 aliphatic heterocycles. The third-order valence-corrected chi connectivity index (χ3v) is 2.14. The Morgan fingerprint density at radius 3 is 2.69 bits per heavy atom. The molecule has 0 fully saturated rings. The van der Waals surface area contributed by atoms with Crippen LogP contribution < -0.4 is 0 Å². The van der Waals surface area contributed by atoms with Gasteiger partial charge in [0, 0.05) is 16.5 Å². The number of esters is 1. The molecule has 0 heterocycles. The van der Waals surface area contributed by atoms with Crippen molar-refractivity contribution in [2.75, 3.05) is 6.61 Å². The predicted octanol–water partition coefficient (Wildman–Crippen LogP) is 3.03. The summed E-state index contributed by atoms with van der Waals surface area (Å²) in [6.07, 6.45) is 1.87. The summed E-state index contributed by atoms with van der Waals surface area (Å²) in [5.74, 6) is 4.66. The molecule has 1 aromatic rings. The standard InChI is InChI=1S/C13H13ClO2/c1-2-3-10-16-13(15)9-6-11-4-7-12(14)8-5-11/h4-5,7-8H,2-3,10H2,1H3. The molecular weight excluding hydrogens is 224 g/mol. The van der Waals surface area contributed by atoms with E-state index in [9.17, 15) is 4.79 Å². The number of unbranched alkanes of at least 4 members (excludes halogenated alkanes) is 1.